The SMILES string of the molecule is Cc1cc(NC(=O)c2cc(Cl)ccc2C)ccc1O. The summed E-state index contributed by atoms with van der Waals surface area (Å²) in [5.41, 5.74) is 2.75. The first-order valence-corrected chi connectivity index (χ1v) is 6.22. The van der Waals surface area contributed by atoms with Crippen molar-refractivity contribution in [3.8, 4) is 5.75 Å². The second-order valence-corrected chi connectivity index (χ2v) is 4.85. The summed E-state index contributed by atoms with van der Waals surface area (Å²) in [5, 5.41) is 12.8. The van der Waals surface area contributed by atoms with Crippen LogP contribution >= 0.6 is 11.6 Å². The van der Waals surface area contributed by atoms with Crippen LogP contribution in [0.1, 0.15) is 21.5 Å². The van der Waals surface area contributed by atoms with Gasteiger partial charge in [-0.1, -0.05) is 17.7 Å². The molecule has 0 unspecified atom stereocenters. The van der Waals surface area contributed by atoms with E-state index in [4.69, 9.17) is 11.6 Å². The summed E-state index contributed by atoms with van der Waals surface area (Å²) in [5.74, 6) is -0.0120. The van der Waals surface area contributed by atoms with Gasteiger partial charge in [0.15, 0.2) is 0 Å². The van der Waals surface area contributed by atoms with E-state index in [-0.39, 0.29) is 11.7 Å². The highest BCUT2D eigenvalue weighted by Crippen LogP contribution is 2.22. The van der Waals surface area contributed by atoms with Crippen LogP contribution in [0.4, 0.5) is 5.69 Å². The Labute approximate surface area is 116 Å². The van der Waals surface area contributed by atoms with Crippen LogP contribution in [0.15, 0.2) is 36.4 Å². The summed E-state index contributed by atoms with van der Waals surface area (Å²) >= 11 is 5.90. The zero-order valence-electron chi connectivity index (χ0n) is 10.7. The van der Waals surface area contributed by atoms with E-state index in [9.17, 15) is 9.90 Å². The summed E-state index contributed by atoms with van der Waals surface area (Å²) in [4.78, 5) is 12.2. The van der Waals surface area contributed by atoms with Crippen molar-refractivity contribution in [2.75, 3.05) is 5.32 Å². The van der Waals surface area contributed by atoms with Crippen molar-refractivity contribution in [1.82, 2.24) is 0 Å². The minimum absolute atomic E-state index is 0.205. The number of amides is 1. The van der Waals surface area contributed by atoms with E-state index in [0.29, 0.717) is 21.8 Å². The van der Waals surface area contributed by atoms with Gasteiger partial charge in [-0.05, 0) is 55.3 Å². The molecular formula is C15H14ClNO2. The third-order valence-electron chi connectivity index (χ3n) is 2.90. The number of carbonyl (C=O) groups excluding carboxylic acids is 1. The van der Waals surface area contributed by atoms with Gasteiger partial charge in [-0.25, -0.2) is 0 Å². The molecule has 2 aromatic carbocycles. The maximum absolute atomic E-state index is 12.2. The predicted octanol–water partition coefficient (Wildman–Crippen LogP) is 3.91. The summed E-state index contributed by atoms with van der Waals surface area (Å²) in [7, 11) is 0. The highest BCUT2D eigenvalue weighted by atomic mass is 35.5. The van der Waals surface area contributed by atoms with E-state index in [1.54, 1.807) is 43.3 Å². The number of carbonyl (C=O) groups is 1. The van der Waals surface area contributed by atoms with Crippen molar-refractivity contribution in [1.29, 1.82) is 0 Å². The molecule has 0 aliphatic heterocycles. The molecule has 0 fully saturated rings. The molecule has 98 valence electrons. The van der Waals surface area contributed by atoms with Crippen molar-refractivity contribution in [2.45, 2.75) is 13.8 Å². The molecule has 0 aromatic heterocycles. The first-order chi connectivity index (χ1) is 8.97. The van der Waals surface area contributed by atoms with Gasteiger partial charge < -0.3 is 10.4 Å². The summed E-state index contributed by atoms with van der Waals surface area (Å²) in [6.07, 6.45) is 0. The highest BCUT2D eigenvalue weighted by molar-refractivity contribution is 6.31. The van der Waals surface area contributed by atoms with Crippen molar-refractivity contribution in [3.05, 3.63) is 58.1 Å². The fraction of sp³-hybridized carbons (Fsp3) is 0.133. The van der Waals surface area contributed by atoms with Gasteiger partial charge in [-0.15, -0.1) is 0 Å². The van der Waals surface area contributed by atoms with Gasteiger partial charge in [0.1, 0.15) is 5.75 Å². The van der Waals surface area contributed by atoms with E-state index in [0.717, 1.165) is 5.56 Å². The van der Waals surface area contributed by atoms with Crippen LogP contribution in [0.2, 0.25) is 5.02 Å². The Hall–Kier alpha value is -2.00. The molecular weight excluding hydrogens is 262 g/mol. The van der Waals surface area contributed by atoms with Gasteiger partial charge >= 0.3 is 0 Å². The average molecular weight is 276 g/mol. The number of aromatic hydroxyl groups is 1. The Morgan fingerprint density at radius 1 is 1.11 bits per heavy atom. The maximum atomic E-state index is 12.2. The molecule has 0 heterocycles. The van der Waals surface area contributed by atoms with E-state index >= 15 is 0 Å². The minimum atomic E-state index is -0.218. The molecule has 0 saturated carbocycles. The molecule has 2 N–H and O–H groups in total. The van der Waals surface area contributed by atoms with E-state index in [1.807, 2.05) is 6.92 Å². The van der Waals surface area contributed by atoms with Crippen molar-refractivity contribution < 1.29 is 9.90 Å². The lowest BCUT2D eigenvalue weighted by molar-refractivity contribution is 0.102. The van der Waals surface area contributed by atoms with Crippen LogP contribution in [-0.4, -0.2) is 11.0 Å². The standard InChI is InChI=1S/C15H14ClNO2/c1-9-3-4-11(16)8-13(9)15(19)17-12-5-6-14(18)10(2)7-12/h3-8,18H,1-2H3,(H,17,19). The third-order valence-corrected chi connectivity index (χ3v) is 3.13. The lowest BCUT2D eigenvalue weighted by Crippen LogP contribution is -2.13. The predicted molar refractivity (Wildman–Crippen MR) is 77.0 cm³/mol. The molecule has 0 radical (unpaired) electrons. The fourth-order valence-electron chi connectivity index (χ4n) is 1.77. The third kappa shape index (κ3) is 3.06. The van der Waals surface area contributed by atoms with Gasteiger partial charge in [-0.3, -0.25) is 4.79 Å². The Balaban J connectivity index is 2.25. The lowest BCUT2D eigenvalue weighted by atomic mass is 10.1. The Morgan fingerprint density at radius 2 is 1.84 bits per heavy atom. The lowest BCUT2D eigenvalue weighted by Gasteiger charge is -2.09. The zero-order valence-corrected chi connectivity index (χ0v) is 11.5. The van der Waals surface area contributed by atoms with Crippen molar-refractivity contribution >= 4 is 23.2 Å². The van der Waals surface area contributed by atoms with Gasteiger partial charge in [-0.2, -0.15) is 0 Å². The molecule has 0 aliphatic carbocycles. The topological polar surface area (TPSA) is 49.3 Å². The van der Waals surface area contributed by atoms with Gasteiger partial charge in [0.2, 0.25) is 0 Å². The molecule has 0 saturated heterocycles. The number of hydrogen-bond acceptors (Lipinski definition) is 2. The number of anilines is 1. The largest absolute Gasteiger partial charge is 0.508 e. The van der Waals surface area contributed by atoms with Gasteiger partial charge in [0, 0.05) is 16.3 Å². The van der Waals surface area contributed by atoms with Crippen molar-refractivity contribution in [3.63, 3.8) is 0 Å². The van der Waals surface area contributed by atoms with Gasteiger partial charge in [0.25, 0.3) is 5.91 Å². The van der Waals surface area contributed by atoms with E-state index in [2.05, 4.69) is 5.32 Å². The average Bonchev–Trinajstić information content (AvgIpc) is 2.36. The van der Waals surface area contributed by atoms with Crippen LogP contribution in [-0.2, 0) is 0 Å². The van der Waals surface area contributed by atoms with Gasteiger partial charge in [0.05, 0.1) is 0 Å². The molecule has 1 amide bonds. The molecule has 0 spiro atoms. The van der Waals surface area contributed by atoms with E-state index < -0.39 is 0 Å². The minimum Gasteiger partial charge on any atom is -0.508 e. The molecule has 19 heavy (non-hydrogen) atoms. The number of phenols is 1. The summed E-state index contributed by atoms with van der Waals surface area (Å²) in [6, 6.07) is 10.1. The molecule has 3 nitrogen and oxygen atoms in total. The fourth-order valence-corrected chi connectivity index (χ4v) is 1.94. The van der Waals surface area contributed by atoms with Crippen LogP contribution < -0.4 is 5.32 Å². The number of halogens is 1. The second kappa shape index (κ2) is 5.33. The first-order valence-electron chi connectivity index (χ1n) is 5.84. The molecule has 2 rings (SSSR count). The van der Waals surface area contributed by atoms with Crippen LogP contribution in [0.5, 0.6) is 5.75 Å². The number of rotatable bonds is 2. The quantitative estimate of drug-likeness (QED) is 0.816. The van der Waals surface area contributed by atoms with Crippen LogP contribution in [0.3, 0.4) is 0 Å². The molecule has 0 atom stereocenters. The normalized spacial score (nSPS) is 10.3. The molecule has 0 bridgehead atoms. The Morgan fingerprint density at radius 3 is 2.53 bits per heavy atom. The maximum Gasteiger partial charge on any atom is 0.255 e. The molecule has 0 aliphatic rings. The number of nitrogens with one attached hydrogen (secondary N) is 1. The summed E-state index contributed by atoms with van der Waals surface area (Å²) < 4.78 is 0. The monoisotopic (exact) mass is 275 g/mol. The van der Waals surface area contributed by atoms with Crippen LogP contribution in [0.25, 0.3) is 0 Å². The molecule has 4 heteroatoms. The zero-order chi connectivity index (χ0) is 14.0. The van der Waals surface area contributed by atoms with Crippen molar-refractivity contribution in [2.24, 2.45) is 0 Å². The Bertz CT molecular complexity index is 638. The number of aryl methyl sites for hydroxylation is 2. The Kier molecular flexibility index (Phi) is 3.76. The van der Waals surface area contributed by atoms with E-state index in [1.165, 1.54) is 0 Å². The molecule has 2 aromatic rings. The second-order valence-electron chi connectivity index (χ2n) is 4.41. The summed E-state index contributed by atoms with van der Waals surface area (Å²) in [6.45, 7) is 3.63. The number of phenolic OH excluding ortho intramolecular Hbond substituents is 1. The first kappa shape index (κ1) is 13.4. The smallest absolute Gasteiger partial charge is 0.255 e. The van der Waals surface area contributed by atoms with Crippen LogP contribution in [0, 0.1) is 13.8 Å². The number of hydrogen-bond donors (Lipinski definition) is 2. The highest BCUT2D eigenvalue weighted by Gasteiger charge is 2.10. The number of benzene rings is 2.